The smallest absolute Gasteiger partial charge is 0.254 e. The third kappa shape index (κ3) is 10.2. The highest BCUT2D eigenvalue weighted by molar-refractivity contribution is 7.13. The molecule has 16 heteroatoms. The number of thiazole rings is 1. The van der Waals surface area contributed by atoms with E-state index in [0.717, 1.165) is 64.4 Å². The van der Waals surface area contributed by atoms with Crippen LogP contribution in [0.5, 0.6) is 5.75 Å². The van der Waals surface area contributed by atoms with Gasteiger partial charge >= 0.3 is 0 Å². The van der Waals surface area contributed by atoms with Crippen LogP contribution in [0, 0.1) is 40.4 Å². The molecule has 4 atom stereocenters. The second-order valence-corrected chi connectivity index (χ2v) is 23.2. The summed E-state index contributed by atoms with van der Waals surface area (Å²) in [6, 6.07) is 19.0. The van der Waals surface area contributed by atoms with E-state index in [2.05, 4.69) is 60.3 Å². The molecule has 1 saturated carbocycles. The Kier molecular flexibility index (Phi) is 14.5. The van der Waals surface area contributed by atoms with Crippen molar-refractivity contribution in [2.45, 2.75) is 124 Å². The lowest BCUT2D eigenvalue weighted by molar-refractivity contribution is -0.199. The zero-order valence-corrected chi connectivity index (χ0v) is 43.2. The molecule has 1 aromatic heterocycles. The van der Waals surface area contributed by atoms with E-state index in [-0.39, 0.29) is 66.3 Å². The van der Waals surface area contributed by atoms with Crippen molar-refractivity contribution in [3.8, 4) is 22.3 Å². The van der Waals surface area contributed by atoms with E-state index in [1.807, 2.05) is 81.4 Å². The Labute approximate surface area is 420 Å². The largest absolute Gasteiger partial charge is 0.489 e. The molecule has 1 aliphatic carbocycles. The third-order valence-electron chi connectivity index (χ3n) is 14.9. The van der Waals surface area contributed by atoms with Crippen molar-refractivity contribution < 1.29 is 33.8 Å². The standard InChI is InChI=1S/C54H66ClN7O7S/c1-31(34-10-12-35(13-11-34)45-32(2)57-30-70-45)58-47(65)43-23-39(63)27-61(43)49(67)46(52(3,4)5)59-44(64)29-68-28-33-18-20-60(21-19-33)38-15-17-41-37(22-38)26-62(48(41)66)50-53(6,7)51(54(50,8)9)69-40-16-14-36(25-56)42(55)24-40/h10-17,22,24,30-31,33,39,43,46,50-51,63H,18-21,23,26-29H2,1-9H3,(H,58,65)(H,59,64)/t31-,39+,43-,46+,50?,51?/m0/s1. The van der Waals surface area contributed by atoms with Crippen molar-refractivity contribution in [1.82, 2.24) is 25.4 Å². The lowest BCUT2D eigenvalue weighted by Gasteiger charge is -2.65. The van der Waals surface area contributed by atoms with Crippen molar-refractivity contribution in [2.24, 2.45) is 22.2 Å². The van der Waals surface area contributed by atoms with Crippen LogP contribution >= 0.6 is 22.9 Å². The van der Waals surface area contributed by atoms with Crippen LogP contribution in [0.3, 0.4) is 0 Å². The number of ether oxygens (including phenoxy) is 2. The van der Waals surface area contributed by atoms with Gasteiger partial charge < -0.3 is 39.9 Å². The van der Waals surface area contributed by atoms with Crippen molar-refractivity contribution in [2.75, 3.05) is 37.7 Å². The number of aromatic nitrogens is 1. The topological polar surface area (TPSA) is 177 Å². The molecule has 4 heterocycles. The molecule has 14 nitrogen and oxygen atoms in total. The Bertz CT molecular complexity index is 2650. The Balaban J connectivity index is 0.804. The number of piperidine rings is 1. The van der Waals surface area contributed by atoms with E-state index in [1.54, 1.807) is 29.5 Å². The first kappa shape index (κ1) is 50.8. The van der Waals surface area contributed by atoms with Gasteiger partial charge in [-0.25, -0.2) is 4.98 Å². The van der Waals surface area contributed by atoms with Crippen LogP contribution < -0.4 is 20.3 Å². The van der Waals surface area contributed by atoms with Gasteiger partial charge in [0.1, 0.15) is 36.6 Å². The number of anilines is 1. The average molecular weight is 993 g/mol. The van der Waals surface area contributed by atoms with Crippen LogP contribution in [0.4, 0.5) is 5.69 Å². The van der Waals surface area contributed by atoms with Gasteiger partial charge in [-0.1, -0.05) is 84.3 Å². The Hall–Kier alpha value is -5.53. The summed E-state index contributed by atoms with van der Waals surface area (Å²) in [5, 5.41) is 26.3. The molecule has 70 heavy (non-hydrogen) atoms. The van der Waals surface area contributed by atoms with Gasteiger partial charge in [-0.2, -0.15) is 5.26 Å². The van der Waals surface area contributed by atoms with Gasteiger partial charge in [0.15, 0.2) is 0 Å². The van der Waals surface area contributed by atoms with Crippen molar-refractivity contribution in [1.29, 1.82) is 5.26 Å². The zero-order valence-electron chi connectivity index (χ0n) is 41.7. The fraction of sp³-hybridized carbons (Fsp3) is 0.519. The molecule has 2 saturated heterocycles. The van der Waals surface area contributed by atoms with Crippen LogP contribution in [0.1, 0.15) is 113 Å². The lowest BCUT2D eigenvalue weighted by Crippen LogP contribution is -2.74. The SMILES string of the molecule is Cc1ncsc1-c1ccc([C@H](C)NC(=O)[C@@H]2C[C@@H](O)CN2C(=O)[C@@H](NC(=O)COCC2CCN(c3ccc4c(c3)CN(C3C(C)(C)C(Oc5ccc(C#N)c(Cl)c5)C3(C)C)C4=O)CC2)C(C)(C)C)cc1. The number of halogens is 1. The summed E-state index contributed by atoms with van der Waals surface area (Å²) in [7, 11) is 0. The molecule has 372 valence electrons. The van der Waals surface area contributed by atoms with Gasteiger partial charge in [0.2, 0.25) is 17.7 Å². The first-order valence-corrected chi connectivity index (χ1v) is 25.6. The second kappa shape index (κ2) is 19.9. The summed E-state index contributed by atoms with van der Waals surface area (Å²) < 4.78 is 12.5. The number of aliphatic hydroxyl groups excluding tert-OH is 1. The van der Waals surface area contributed by atoms with Crippen molar-refractivity contribution >= 4 is 52.3 Å². The molecular formula is C54H66ClN7O7S. The molecule has 3 N–H and O–H groups in total. The van der Waals surface area contributed by atoms with E-state index in [0.29, 0.717) is 29.5 Å². The molecule has 0 spiro atoms. The van der Waals surface area contributed by atoms with E-state index >= 15 is 0 Å². The van der Waals surface area contributed by atoms with E-state index in [4.69, 9.17) is 21.1 Å². The summed E-state index contributed by atoms with van der Waals surface area (Å²) in [6.07, 6.45) is 0.748. The molecule has 3 aliphatic heterocycles. The first-order valence-electron chi connectivity index (χ1n) is 24.3. The number of hydrogen-bond acceptors (Lipinski definition) is 11. The molecule has 0 bridgehead atoms. The number of nitriles is 1. The number of fused-ring (bicyclic) bond motifs is 1. The molecule has 4 amide bonds. The lowest BCUT2D eigenvalue weighted by atomic mass is 9.49. The van der Waals surface area contributed by atoms with Gasteiger partial charge in [-0.15, -0.1) is 11.3 Å². The number of aliphatic hydroxyl groups is 1. The van der Waals surface area contributed by atoms with Gasteiger partial charge in [-0.3, -0.25) is 19.2 Å². The fourth-order valence-electron chi connectivity index (χ4n) is 11.6. The van der Waals surface area contributed by atoms with Crippen LogP contribution in [0.25, 0.3) is 10.4 Å². The van der Waals surface area contributed by atoms with E-state index in [9.17, 15) is 29.5 Å². The van der Waals surface area contributed by atoms with Crippen molar-refractivity contribution in [3.63, 3.8) is 0 Å². The predicted octanol–water partition coefficient (Wildman–Crippen LogP) is 8.08. The number of hydrogen-bond donors (Lipinski definition) is 3. The molecule has 0 unspecified atom stereocenters. The van der Waals surface area contributed by atoms with E-state index < -0.39 is 35.4 Å². The summed E-state index contributed by atoms with van der Waals surface area (Å²) in [5.41, 5.74) is 6.52. The maximum atomic E-state index is 14.2. The molecule has 0 radical (unpaired) electrons. The minimum Gasteiger partial charge on any atom is -0.489 e. The number of benzene rings is 3. The number of amides is 4. The Morgan fingerprint density at radius 1 is 1.01 bits per heavy atom. The second-order valence-electron chi connectivity index (χ2n) is 21.9. The van der Waals surface area contributed by atoms with Crippen LogP contribution in [0.2, 0.25) is 5.02 Å². The van der Waals surface area contributed by atoms with Gasteiger partial charge in [0.25, 0.3) is 5.91 Å². The minimum atomic E-state index is -0.958. The molecule has 4 aliphatic rings. The normalized spacial score (nSPS) is 22.7. The summed E-state index contributed by atoms with van der Waals surface area (Å²) in [6.45, 7) is 20.3. The number of β-amino-alcohol motifs (C(OH)–C–C–N with tert-alkyl or cyclic N) is 1. The van der Waals surface area contributed by atoms with Gasteiger partial charge in [0.05, 0.1) is 45.4 Å². The summed E-state index contributed by atoms with van der Waals surface area (Å²) >= 11 is 7.89. The van der Waals surface area contributed by atoms with Crippen LogP contribution in [-0.4, -0.2) is 107 Å². The molecule has 3 fully saturated rings. The molecule has 8 rings (SSSR count). The highest BCUT2D eigenvalue weighted by Crippen LogP contribution is 2.59. The molecule has 3 aromatic carbocycles. The highest BCUT2D eigenvalue weighted by atomic mass is 35.5. The number of nitrogens with one attached hydrogen (secondary N) is 2. The maximum absolute atomic E-state index is 14.2. The van der Waals surface area contributed by atoms with Crippen molar-refractivity contribution in [3.05, 3.63) is 99.1 Å². The minimum absolute atomic E-state index is 0.0131. The van der Waals surface area contributed by atoms with Gasteiger partial charge in [0, 0.05) is 66.8 Å². The average Bonchev–Trinajstić information content (AvgIpc) is 4.02. The fourth-order valence-corrected chi connectivity index (χ4v) is 12.7. The van der Waals surface area contributed by atoms with Crippen LogP contribution in [0.15, 0.2) is 66.2 Å². The summed E-state index contributed by atoms with van der Waals surface area (Å²) in [5.74, 6) is -0.351. The van der Waals surface area contributed by atoms with Crippen LogP contribution in [-0.2, 0) is 25.7 Å². The quantitative estimate of drug-likeness (QED) is 0.112. The number of nitrogens with zero attached hydrogens (tertiary/aromatic N) is 5. The summed E-state index contributed by atoms with van der Waals surface area (Å²) in [4.78, 5) is 66.5. The Morgan fingerprint density at radius 2 is 1.71 bits per heavy atom. The number of rotatable bonds is 14. The zero-order chi connectivity index (χ0) is 50.4. The highest BCUT2D eigenvalue weighted by Gasteiger charge is 2.67. The third-order valence-corrected chi connectivity index (χ3v) is 16.2. The van der Waals surface area contributed by atoms with E-state index in [1.165, 1.54) is 4.90 Å². The van der Waals surface area contributed by atoms with Gasteiger partial charge in [-0.05, 0) is 85.0 Å². The maximum Gasteiger partial charge on any atom is 0.254 e. The molecular weight excluding hydrogens is 926 g/mol. The number of carbonyl (C=O) groups excluding carboxylic acids is 4. The first-order chi connectivity index (χ1) is 33.1. The monoisotopic (exact) mass is 991 g/mol. The number of aryl methyl sites for hydroxylation is 1. The number of likely N-dealkylation sites (tertiary alicyclic amines) is 1. The Morgan fingerprint density at radius 3 is 2.34 bits per heavy atom. The number of carbonyl (C=O) groups is 4. The predicted molar refractivity (Wildman–Crippen MR) is 270 cm³/mol. The molecule has 4 aromatic rings.